The van der Waals surface area contributed by atoms with Crippen LogP contribution in [0.4, 0.5) is 26.3 Å². The molecule has 1 amide bonds. The maximum absolute atomic E-state index is 13.1. The Morgan fingerprint density at radius 2 is 1.73 bits per heavy atom. The van der Waals surface area contributed by atoms with E-state index < -0.39 is 41.9 Å². The lowest BCUT2D eigenvalue weighted by atomic mass is 10.0. The molecular weight excluding hydrogens is 508 g/mol. The third-order valence-electron chi connectivity index (χ3n) is 5.79. The van der Waals surface area contributed by atoms with Crippen LogP contribution in [0.15, 0.2) is 36.5 Å². The lowest BCUT2D eigenvalue weighted by molar-refractivity contribution is -0.274. The fourth-order valence-corrected chi connectivity index (χ4v) is 3.90. The van der Waals surface area contributed by atoms with Crippen molar-refractivity contribution in [1.29, 1.82) is 0 Å². The van der Waals surface area contributed by atoms with Crippen LogP contribution in [0, 0.1) is 0 Å². The maximum atomic E-state index is 13.1. The zero-order valence-corrected chi connectivity index (χ0v) is 19.4. The van der Waals surface area contributed by atoms with Gasteiger partial charge in [-0.1, -0.05) is 6.07 Å². The number of carbonyl (C=O) groups is 2. The van der Waals surface area contributed by atoms with Gasteiger partial charge in [-0.3, -0.25) is 14.3 Å². The fraction of sp³-hybridized carbons (Fsp3) is 0.391. The Morgan fingerprint density at radius 1 is 1.03 bits per heavy atom. The van der Waals surface area contributed by atoms with E-state index in [2.05, 4.69) is 19.7 Å². The largest absolute Gasteiger partial charge is 0.573 e. The topological polar surface area (TPSA) is 80.6 Å². The van der Waals surface area contributed by atoms with Crippen LogP contribution >= 0.6 is 0 Å². The molecule has 0 atom stereocenters. The van der Waals surface area contributed by atoms with Crippen molar-refractivity contribution in [2.45, 2.75) is 25.5 Å². The van der Waals surface area contributed by atoms with Crippen molar-refractivity contribution in [3.8, 4) is 5.75 Å². The minimum atomic E-state index is -5.10. The Morgan fingerprint density at radius 3 is 2.38 bits per heavy atom. The number of ether oxygens (including phenoxy) is 1. The highest BCUT2D eigenvalue weighted by Crippen LogP contribution is 2.32. The van der Waals surface area contributed by atoms with E-state index in [0.717, 1.165) is 18.2 Å². The normalized spacial score (nSPS) is 15.3. The minimum absolute atomic E-state index is 0.0822. The summed E-state index contributed by atoms with van der Waals surface area (Å²) in [6, 6.07) is 4.91. The van der Waals surface area contributed by atoms with Crippen molar-refractivity contribution in [2.75, 3.05) is 33.2 Å². The van der Waals surface area contributed by atoms with Crippen molar-refractivity contribution in [2.24, 2.45) is 0 Å². The number of amides is 1. The predicted octanol–water partition coefficient (Wildman–Crippen LogP) is 3.55. The van der Waals surface area contributed by atoms with Crippen molar-refractivity contribution < 1.29 is 40.7 Å². The minimum Gasteiger partial charge on any atom is -0.405 e. The first kappa shape index (κ1) is 26.4. The van der Waals surface area contributed by atoms with Crippen LogP contribution in [0.2, 0.25) is 0 Å². The summed E-state index contributed by atoms with van der Waals surface area (Å²) in [5.41, 5.74) is -1.99. The van der Waals surface area contributed by atoms with Crippen molar-refractivity contribution in [3.63, 3.8) is 0 Å². The molecule has 2 aromatic heterocycles. The Labute approximate surface area is 206 Å². The van der Waals surface area contributed by atoms with E-state index in [-0.39, 0.29) is 23.5 Å². The number of benzene rings is 1. The van der Waals surface area contributed by atoms with Gasteiger partial charge in [0.2, 0.25) is 5.91 Å². The molecule has 0 unspecified atom stereocenters. The maximum Gasteiger partial charge on any atom is 0.573 e. The van der Waals surface area contributed by atoms with E-state index >= 15 is 0 Å². The van der Waals surface area contributed by atoms with Gasteiger partial charge in [-0.25, -0.2) is 4.98 Å². The molecule has 1 aromatic carbocycles. The average molecular weight is 529 g/mol. The van der Waals surface area contributed by atoms with Gasteiger partial charge in [0.25, 0.3) is 0 Å². The third kappa shape index (κ3) is 6.56. The molecule has 14 heteroatoms. The smallest absolute Gasteiger partial charge is 0.405 e. The number of likely N-dealkylation sites (N-methyl/N-ethyl adjacent to an activating group) is 1. The summed E-state index contributed by atoms with van der Waals surface area (Å²) in [6.45, 7) is 2.35. The molecule has 0 saturated carbocycles. The summed E-state index contributed by atoms with van der Waals surface area (Å²) in [7, 11) is 1.94. The quantitative estimate of drug-likeness (QED) is 0.359. The summed E-state index contributed by atoms with van der Waals surface area (Å²) in [6.07, 6.45) is -9.16. The van der Waals surface area contributed by atoms with Gasteiger partial charge in [-0.15, -0.1) is 13.2 Å². The molecule has 0 aliphatic carbocycles. The number of ketones is 1. The van der Waals surface area contributed by atoms with E-state index in [9.17, 15) is 35.9 Å². The molecule has 3 aromatic rings. The molecule has 1 aliphatic heterocycles. The molecule has 37 heavy (non-hydrogen) atoms. The van der Waals surface area contributed by atoms with Crippen molar-refractivity contribution in [3.05, 3.63) is 53.5 Å². The zero-order chi connectivity index (χ0) is 27.0. The number of fused-ring (bicyclic) bond motifs is 1. The number of Topliss-reactive ketones (excluding diaryl/α,β-unsaturated/α-hetero) is 1. The fourth-order valence-electron chi connectivity index (χ4n) is 3.90. The number of carbonyl (C=O) groups excluding carboxylic acids is 2. The van der Waals surface area contributed by atoms with E-state index in [1.807, 2.05) is 7.05 Å². The van der Waals surface area contributed by atoms with E-state index in [0.29, 0.717) is 37.6 Å². The number of alkyl halides is 6. The Balaban J connectivity index is 1.60. The number of piperazine rings is 1. The van der Waals surface area contributed by atoms with Crippen LogP contribution in [0.25, 0.3) is 10.9 Å². The molecule has 3 heterocycles. The molecule has 0 spiro atoms. The van der Waals surface area contributed by atoms with Crippen LogP contribution in [0.3, 0.4) is 0 Å². The summed E-state index contributed by atoms with van der Waals surface area (Å²) in [4.78, 5) is 32.3. The highest BCUT2D eigenvalue weighted by Gasteiger charge is 2.34. The Bertz CT molecular complexity index is 1310. The lowest BCUT2D eigenvalue weighted by Gasteiger charge is -2.32. The third-order valence-corrected chi connectivity index (χ3v) is 5.79. The summed E-state index contributed by atoms with van der Waals surface area (Å²) >= 11 is 0. The Kier molecular flexibility index (Phi) is 7.13. The first-order valence-electron chi connectivity index (χ1n) is 11.1. The molecular formula is C23H21F6N5O3. The van der Waals surface area contributed by atoms with E-state index in [1.54, 1.807) is 4.90 Å². The summed E-state index contributed by atoms with van der Waals surface area (Å²) in [5.74, 6) is -1.87. The van der Waals surface area contributed by atoms with E-state index in [4.69, 9.17) is 0 Å². The molecule has 1 fully saturated rings. The van der Waals surface area contributed by atoms with Gasteiger partial charge in [-0.2, -0.15) is 18.3 Å². The van der Waals surface area contributed by atoms with Crippen LogP contribution in [0.1, 0.15) is 21.7 Å². The second-order valence-corrected chi connectivity index (χ2v) is 8.58. The molecule has 1 aliphatic rings. The monoisotopic (exact) mass is 529 g/mol. The lowest BCUT2D eigenvalue weighted by Crippen LogP contribution is -2.48. The second kappa shape index (κ2) is 10.00. The van der Waals surface area contributed by atoms with Gasteiger partial charge in [0, 0.05) is 55.8 Å². The molecule has 4 rings (SSSR count). The van der Waals surface area contributed by atoms with Crippen LogP contribution in [-0.2, 0) is 23.9 Å². The first-order chi connectivity index (χ1) is 17.3. The molecule has 1 saturated heterocycles. The van der Waals surface area contributed by atoms with Crippen LogP contribution in [0.5, 0.6) is 5.75 Å². The average Bonchev–Trinajstić information content (AvgIpc) is 3.19. The highest BCUT2D eigenvalue weighted by atomic mass is 19.4. The number of halogens is 6. The summed E-state index contributed by atoms with van der Waals surface area (Å²) in [5, 5.41) is 4.48. The SMILES string of the molecule is CN1CCN(C(=O)Cn2cc3cc(CC(=O)c4cccc(C(F)(F)F)n4)c(OC(F)(F)F)cc3n2)CC1. The molecule has 0 bridgehead atoms. The number of pyridine rings is 1. The van der Waals surface area contributed by atoms with Crippen LogP contribution in [-0.4, -0.2) is 75.8 Å². The second-order valence-electron chi connectivity index (χ2n) is 8.58. The van der Waals surface area contributed by atoms with Gasteiger partial charge in [0.15, 0.2) is 5.78 Å². The van der Waals surface area contributed by atoms with Crippen molar-refractivity contribution in [1.82, 2.24) is 24.6 Å². The molecule has 0 radical (unpaired) electrons. The number of nitrogens with zero attached hydrogens (tertiary/aromatic N) is 5. The van der Waals surface area contributed by atoms with E-state index in [1.165, 1.54) is 16.9 Å². The van der Waals surface area contributed by atoms with Crippen LogP contribution < -0.4 is 4.74 Å². The zero-order valence-electron chi connectivity index (χ0n) is 19.4. The Hall–Kier alpha value is -3.68. The first-order valence-corrected chi connectivity index (χ1v) is 11.1. The van der Waals surface area contributed by atoms with Gasteiger partial charge >= 0.3 is 12.5 Å². The van der Waals surface area contributed by atoms with Gasteiger partial charge < -0.3 is 14.5 Å². The number of hydrogen-bond donors (Lipinski definition) is 0. The number of aromatic nitrogens is 3. The van der Waals surface area contributed by atoms with Crippen molar-refractivity contribution >= 4 is 22.6 Å². The molecule has 0 N–H and O–H groups in total. The standard InChI is InChI=1S/C23H21F6N5O3/c1-32-5-7-33(8-6-32)21(36)13-34-12-15-9-14(19(11-17(15)31-34)37-23(27,28)29)10-18(35)16-3-2-4-20(30-16)22(24,25)26/h2-4,9,11-12H,5-8,10,13H2,1H3. The molecule has 8 nitrogen and oxygen atoms in total. The number of hydrogen-bond acceptors (Lipinski definition) is 6. The molecule has 198 valence electrons. The van der Waals surface area contributed by atoms with Gasteiger partial charge in [-0.05, 0) is 25.2 Å². The van der Waals surface area contributed by atoms with Gasteiger partial charge in [0.05, 0.1) is 5.52 Å². The number of rotatable bonds is 6. The van der Waals surface area contributed by atoms with Gasteiger partial charge in [0.1, 0.15) is 23.7 Å². The summed E-state index contributed by atoms with van der Waals surface area (Å²) < 4.78 is 83.4. The predicted molar refractivity (Wildman–Crippen MR) is 118 cm³/mol. The highest BCUT2D eigenvalue weighted by molar-refractivity contribution is 5.97.